The Labute approximate surface area is 110 Å². The van der Waals surface area contributed by atoms with Gasteiger partial charge in [-0.15, -0.1) is 5.48 Å². The average Bonchev–Trinajstić information content (AvgIpc) is 2.48. The summed E-state index contributed by atoms with van der Waals surface area (Å²) in [4.78, 5) is 20.9. The molecule has 1 N–H and O–H groups in total. The molecule has 2 aromatic rings. The summed E-state index contributed by atoms with van der Waals surface area (Å²) in [5.74, 6) is 0.366. The van der Waals surface area contributed by atoms with E-state index in [-0.39, 0.29) is 6.04 Å². The summed E-state index contributed by atoms with van der Waals surface area (Å²) < 4.78 is 5.12. The van der Waals surface area contributed by atoms with Crippen LogP contribution in [-0.2, 0) is 4.84 Å². The van der Waals surface area contributed by atoms with E-state index in [9.17, 15) is 4.79 Å². The number of ether oxygens (including phenoxy) is 1. The van der Waals surface area contributed by atoms with E-state index in [1.54, 1.807) is 25.4 Å². The largest absolute Gasteiger partial charge is 0.497 e. The molecule has 2 heterocycles. The first-order valence-electron chi connectivity index (χ1n) is 5.85. The third-order valence-corrected chi connectivity index (χ3v) is 3.05. The quantitative estimate of drug-likeness (QED) is 0.888. The first-order chi connectivity index (χ1) is 9.29. The summed E-state index contributed by atoms with van der Waals surface area (Å²) in [6.45, 7) is 0. The van der Waals surface area contributed by atoms with Crippen LogP contribution in [0, 0.1) is 0 Å². The third-order valence-electron chi connectivity index (χ3n) is 3.05. The van der Waals surface area contributed by atoms with Crippen molar-refractivity contribution in [1.29, 1.82) is 0 Å². The fourth-order valence-corrected chi connectivity index (χ4v) is 2.07. The van der Waals surface area contributed by atoms with Crippen molar-refractivity contribution in [2.75, 3.05) is 7.11 Å². The molecule has 1 aliphatic rings. The van der Waals surface area contributed by atoms with Gasteiger partial charge in [0.05, 0.1) is 18.4 Å². The monoisotopic (exact) mass is 256 g/mol. The molecule has 3 rings (SSSR count). The minimum Gasteiger partial charge on any atom is -0.497 e. The Morgan fingerprint density at radius 1 is 1.26 bits per heavy atom. The van der Waals surface area contributed by atoms with Gasteiger partial charge in [0, 0.05) is 6.20 Å². The van der Waals surface area contributed by atoms with Gasteiger partial charge >= 0.3 is 5.97 Å². The molecular formula is C14H12N2O3. The van der Waals surface area contributed by atoms with Crippen molar-refractivity contribution in [1.82, 2.24) is 10.5 Å². The van der Waals surface area contributed by atoms with Gasteiger partial charge in [0.15, 0.2) is 0 Å². The van der Waals surface area contributed by atoms with Crippen molar-refractivity contribution in [3.05, 3.63) is 59.4 Å². The Bertz CT molecular complexity index is 610. The number of benzene rings is 1. The second-order valence-corrected chi connectivity index (χ2v) is 4.15. The molecule has 1 aromatic heterocycles. The van der Waals surface area contributed by atoms with Crippen molar-refractivity contribution in [3.63, 3.8) is 0 Å². The zero-order valence-electron chi connectivity index (χ0n) is 10.3. The Kier molecular flexibility index (Phi) is 2.89. The molecule has 0 aliphatic carbocycles. The average molecular weight is 256 g/mol. The van der Waals surface area contributed by atoms with E-state index in [2.05, 4.69) is 10.5 Å². The lowest BCUT2D eigenvalue weighted by Gasteiger charge is -2.24. The fourth-order valence-electron chi connectivity index (χ4n) is 2.07. The Hall–Kier alpha value is -2.40. The molecular weight excluding hydrogens is 244 g/mol. The molecule has 5 heteroatoms. The van der Waals surface area contributed by atoms with Gasteiger partial charge in [0.25, 0.3) is 0 Å². The molecule has 0 spiro atoms. The molecule has 1 aliphatic heterocycles. The van der Waals surface area contributed by atoms with Crippen molar-refractivity contribution in [3.8, 4) is 5.75 Å². The standard InChI is InChI=1S/C14H12N2O3/c1-18-10-6-4-9(5-7-10)12-13-11(3-2-8-15-13)14(17)19-16-12/h2-8,12,16H,1H3. The first kappa shape index (κ1) is 11.7. The Morgan fingerprint density at radius 2 is 2.05 bits per heavy atom. The number of carbonyl (C=O) groups is 1. The normalized spacial score (nSPS) is 17.5. The fraction of sp³-hybridized carbons (Fsp3) is 0.143. The van der Waals surface area contributed by atoms with Gasteiger partial charge in [-0.3, -0.25) is 4.98 Å². The van der Waals surface area contributed by atoms with E-state index in [0.717, 1.165) is 11.3 Å². The molecule has 1 unspecified atom stereocenters. The number of rotatable bonds is 2. The molecule has 19 heavy (non-hydrogen) atoms. The SMILES string of the molecule is COc1ccc(C2NOC(=O)c3cccnc32)cc1. The lowest BCUT2D eigenvalue weighted by molar-refractivity contribution is 0.0125. The van der Waals surface area contributed by atoms with E-state index < -0.39 is 5.97 Å². The van der Waals surface area contributed by atoms with Crippen LogP contribution in [0.1, 0.15) is 27.7 Å². The van der Waals surface area contributed by atoms with Gasteiger partial charge in [-0.25, -0.2) is 4.79 Å². The molecule has 1 aromatic carbocycles. The number of fused-ring (bicyclic) bond motifs is 1. The minimum atomic E-state index is -0.409. The van der Waals surface area contributed by atoms with Crippen molar-refractivity contribution >= 4 is 5.97 Å². The highest BCUT2D eigenvalue weighted by Crippen LogP contribution is 2.28. The number of hydrogen-bond acceptors (Lipinski definition) is 5. The number of carbonyl (C=O) groups excluding carboxylic acids is 1. The van der Waals surface area contributed by atoms with Crippen LogP contribution in [0.3, 0.4) is 0 Å². The van der Waals surface area contributed by atoms with Crippen LogP contribution in [0.25, 0.3) is 0 Å². The van der Waals surface area contributed by atoms with E-state index >= 15 is 0 Å². The van der Waals surface area contributed by atoms with Gasteiger partial charge in [-0.1, -0.05) is 12.1 Å². The van der Waals surface area contributed by atoms with Gasteiger partial charge in [0.2, 0.25) is 0 Å². The van der Waals surface area contributed by atoms with Crippen LogP contribution >= 0.6 is 0 Å². The summed E-state index contributed by atoms with van der Waals surface area (Å²) in [6, 6.07) is 10.7. The summed E-state index contributed by atoms with van der Waals surface area (Å²) in [5, 5.41) is 0. The van der Waals surface area contributed by atoms with Crippen LogP contribution in [0.2, 0.25) is 0 Å². The number of aromatic nitrogens is 1. The van der Waals surface area contributed by atoms with Crippen LogP contribution in [0.4, 0.5) is 0 Å². The summed E-state index contributed by atoms with van der Waals surface area (Å²) in [6.07, 6.45) is 1.66. The topological polar surface area (TPSA) is 60.5 Å². The predicted octanol–water partition coefficient (Wildman–Crippen LogP) is 1.85. The van der Waals surface area contributed by atoms with E-state index in [0.29, 0.717) is 11.3 Å². The highest BCUT2D eigenvalue weighted by molar-refractivity contribution is 5.91. The summed E-state index contributed by atoms with van der Waals surface area (Å²) in [7, 11) is 1.62. The van der Waals surface area contributed by atoms with Crippen LogP contribution in [0.15, 0.2) is 42.6 Å². The smallest absolute Gasteiger partial charge is 0.358 e. The zero-order valence-corrected chi connectivity index (χ0v) is 10.3. The maximum Gasteiger partial charge on any atom is 0.358 e. The lowest BCUT2D eigenvalue weighted by atomic mass is 9.99. The van der Waals surface area contributed by atoms with Crippen molar-refractivity contribution in [2.24, 2.45) is 0 Å². The second kappa shape index (κ2) is 4.70. The molecule has 0 saturated carbocycles. The number of methoxy groups -OCH3 is 1. The Balaban J connectivity index is 2.01. The summed E-state index contributed by atoms with van der Waals surface area (Å²) >= 11 is 0. The number of pyridine rings is 1. The number of hydroxylamine groups is 1. The van der Waals surface area contributed by atoms with Crippen molar-refractivity contribution < 1.29 is 14.4 Å². The van der Waals surface area contributed by atoms with Gasteiger partial charge in [-0.05, 0) is 29.8 Å². The van der Waals surface area contributed by atoms with Crippen LogP contribution in [-0.4, -0.2) is 18.1 Å². The molecule has 0 bridgehead atoms. The minimum absolute atomic E-state index is 0.264. The molecule has 0 amide bonds. The molecule has 0 saturated heterocycles. The molecule has 0 fully saturated rings. The highest BCUT2D eigenvalue weighted by Gasteiger charge is 2.29. The van der Waals surface area contributed by atoms with Gasteiger partial charge in [-0.2, -0.15) is 0 Å². The van der Waals surface area contributed by atoms with Crippen LogP contribution < -0.4 is 10.2 Å². The first-order valence-corrected chi connectivity index (χ1v) is 5.85. The lowest BCUT2D eigenvalue weighted by Crippen LogP contribution is -2.33. The molecule has 96 valence electrons. The number of hydrogen-bond donors (Lipinski definition) is 1. The molecule has 1 atom stereocenters. The summed E-state index contributed by atoms with van der Waals surface area (Å²) in [5.41, 5.74) is 4.84. The number of nitrogens with zero attached hydrogens (tertiary/aromatic N) is 1. The van der Waals surface area contributed by atoms with E-state index in [1.165, 1.54) is 0 Å². The zero-order chi connectivity index (χ0) is 13.2. The highest BCUT2D eigenvalue weighted by atomic mass is 16.7. The molecule has 0 radical (unpaired) electrons. The molecule has 5 nitrogen and oxygen atoms in total. The maximum atomic E-state index is 11.6. The number of nitrogens with one attached hydrogen (secondary N) is 1. The van der Waals surface area contributed by atoms with Crippen LogP contribution in [0.5, 0.6) is 5.75 Å². The van der Waals surface area contributed by atoms with Gasteiger partial charge in [0.1, 0.15) is 11.8 Å². The van der Waals surface area contributed by atoms with Gasteiger partial charge < -0.3 is 9.57 Å². The predicted molar refractivity (Wildman–Crippen MR) is 67.6 cm³/mol. The Morgan fingerprint density at radius 3 is 2.79 bits per heavy atom. The third kappa shape index (κ3) is 2.04. The van der Waals surface area contributed by atoms with E-state index in [4.69, 9.17) is 9.57 Å². The van der Waals surface area contributed by atoms with E-state index in [1.807, 2.05) is 24.3 Å². The second-order valence-electron chi connectivity index (χ2n) is 4.15. The maximum absolute atomic E-state index is 11.6. The van der Waals surface area contributed by atoms with Crippen molar-refractivity contribution in [2.45, 2.75) is 6.04 Å².